The Hall–Kier alpha value is -19.3. The van der Waals surface area contributed by atoms with Crippen LogP contribution in [0.25, 0.3) is 299 Å². The predicted molar refractivity (Wildman–Crippen MR) is 630 cm³/mol. The molecule has 32 aromatic rings. The van der Waals surface area contributed by atoms with Gasteiger partial charge in [-0.05, 0) is 154 Å². The number of fused-ring (bicyclic) bond motifs is 33. The molecule has 0 aliphatic carbocycles. The Morgan fingerprint density at radius 1 is 0.187 bits per heavy atom. The van der Waals surface area contributed by atoms with Gasteiger partial charge in [0.05, 0.1) is 57.0 Å². The summed E-state index contributed by atoms with van der Waals surface area (Å²) in [7, 11) is 0. The van der Waals surface area contributed by atoms with Crippen LogP contribution in [0.1, 0.15) is 6.85 Å². The Bertz CT molecular complexity index is 11500. The highest BCUT2D eigenvalue weighted by molar-refractivity contribution is 7.28. The largest absolute Gasteiger partial charge is 0.309 e. The van der Waals surface area contributed by atoms with E-state index in [1.807, 2.05) is 70.4 Å². The molecule has 150 heavy (non-hydrogen) atoms. The minimum atomic E-state index is -0.454. The summed E-state index contributed by atoms with van der Waals surface area (Å²) in [6.07, 6.45) is 5.23. The van der Waals surface area contributed by atoms with Crippen molar-refractivity contribution >= 4 is 225 Å². The van der Waals surface area contributed by atoms with Crippen LogP contribution in [0.3, 0.4) is 0 Å². The van der Waals surface area contributed by atoms with Crippen molar-refractivity contribution in [3.05, 3.63) is 486 Å². The lowest BCUT2D eigenvalue weighted by atomic mass is 10.00. The summed E-state index contributed by atoms with van der Waals surface area (Å²) in [5.74, 6) is 1.63. The van der Waals surface area contributed by atoms with E-state index in [1.54, 1.807) is 30.7 Å². The Balaban J connectivity index is 0.000000106. The Labute approximate surface area is 877 Å². The summed E-state index contributed by atoms with van der Waals surface area (Å²) in [6, 6.07) is 152. The quantitative estimate of drug-likeness (QED) is 0.124. The van der Waals surface area contributed by atoms with Crippen LogP contribution in [-0.4, -0.2) is 58.6 Å². The summed E-state index contributed by atoms with van der Waals surface area (Å²) in [5.41, 5.74) is 23.0. The van der Waals surface area contributed by atoms with Crippen molar-refractivity contribution < 1.29 is 6.85 Å². The predicted octanol–water partition coefficient (Wildman–Crippen LogP) is 36.3. The first-order chi connectivity index (χ1) is 76.5. The molecule has 20 aromatic carbocycles. The zero-order valence-electron chi connectivity index (χ0n) is 84.9. The zero-order chi connectivity index (χ0) is 103. The van der Waals surface area contributed by atoms with Crippen molar-refractivity contribution in [2.24, 2.45) is 0 Å². The molecule has 0 fully saturated rings. The second-order valence-electron chi connectivity index (χ2n) is 37.6. The van der Waals surface area contributed by atoms with Crippen LogP contribution in [0.4, 0.5) is 0 Å². The van der Waals surface area contributed by atoms with Gasteiger partial charge in [0.15, 0.2) is 34.4 Å². The van der Waals surface area contributed by atoms with E-state index in [9.17, 15) is 0 Å². The van der Waals surface area contributed by atoms with E-state index in [1.165, 1.54) is 159 Å². The Kier molecular flexibility index (Phi) is 19.1. The molecule has 0 N–H and O–H groups in total. The Morgan fingerprint density at radius 3 is 0.853 bits per heavy atom. The first kappa shape index (κ1) is 81.1. The topological polar surface area (TPSA) is 131 Å². The second kappa shape index (κ2) is 35.3. The number of hydrogen-bond donors (Lipinski definition) is 0. The number of hydrogen-bond acceptors (Lipinski definition) is 12. The maximum atomic E-state index is 8.72. The van der Waals surface area contributed by atoms with Gasteiger partial charge in [-0.2, -0.15) is 0 Å². The van der Waals surface area contributed by atoms with Crippen molar-refractivity contribution in [3.63, 3.8) is 0 Å². The molecule has 15 heteroatoms. The fourth-order valence-corrected chi connectivity index (χ4v) is 26.4. The molecule has 12 aromatic heterocycles. The highest BCUT2D eigenvalue weighted by Gasteiger charge is 2.29. The lowest BCUT2D eigenvalue weighted by Gasteiger charge is -2.13. The van der Waals surface area contributed by atoms with Crippen LogP contribution in [0, 0.1) is 0 Å². The van der Waals surface area contributed by atoms with Crippen molar-refractivity contribution in [1.82, 2.24) is 58.6 Å². The Morgan fingerprint density at radius 2 is 0.467 bits per heavy atom. The SMILES string of the molecule is [2H]c1c([2H])c([2H])c(-c2nc(-c3cccc(-n4c5ccccc5c5c6ccccc6c6sc7ccccc7c6c54)c3)nc3ncccc23)c([2H])c1[2H].c1ccc(-c2ccc(-c3nc(-c4cccc(-n5c6ccccc6c6c7ccccc7c7sc8ccccc8c7c65)c4)nc4ncccc34)cc2)cc1.c1ccc(-c2cccc(-c3nc(-c4cccc(-n5c6ccccc6c6c7ccccc7c7sc8ccccc8c7c65)c4)nc4ncccc34)c2)cc1. The molecule has 0 aliphatic heterocycles. The lowest BCUT2D eigenvalue weighted by Crippen LogP contribution is -1.99. The number of rotatable bonds is 11. The molecule has 0 spiro atoms. The van der Waals surface area contributed by atoms with Crippen molar-refractivity contribution in [2.45, 2.75) is 0 Å². The van der Waals surface area contributed by atoms with Gasteiger partial charge >= 0.3 is 0 Å². The van der Waals surface area contributed by atoms with Gasteiger partial charge in [0.1, 0.15) is 0 Å². The fraction of sp³-hybridized carbons (Fsp3) is 0. The number of pyridine rings is 3. The van der Waals surface area contributed by atoms with Crippen molar-refractivity contribution in [2.75, 3.05) is 0 Å². The standard InChI is InChI=1S/2C47H28N4S.C41H24N4S/c1-2-13-29(14-3-1)30-15-10-16-31(27-30)43-38-23-12-26-48-47(38)50-46(49-43)32-17-11-18-33(28-32)51-39-24-8-6-21-36(39)41-34-19-4-5-20-35(34)45-42(44(41)51)37-22-7-9-25-40(37)52-45;1-2-12-29(13-3-1)30-23-25-31(26-24-30)43-38-20-11-27-48-47(38)50-46(49-43)32-14-10-15-33(28-32)51-39-21-8-6-18-36(39)41-34-16-4-5-17-35(34)45-42(44(41)51)37-19-7-9-22-40(37)52-45;1-2-12-25(13-3-1)37-32-20-11-23-42-41(32)44-40(43-37)26-14-10-15-27(24-26)45-33-21-8-6-18-30(33)35-28-16-4-5-17-29(28)39-36(38(35)45)31-19-7-9-22-34(31)46-39/h2*1-28H;1-24H/i;;1D,2D,3D,12D,13D. The van der Waals surface area contributed by atoms with Crippen molar-refractivity contribution in [1.29, 1.82) is 0 Å². The number of nitrogens with zero attached hydrogens (tertiary/aromatic N) is 12. The van der Waals surface area contributed by atoms with Crippen molar-refractivity contribution in [3.8, 4) is 107 Å². The average Bonchev–Trinajstić information content (AvgIpc) is 1.54. The summed E-state index contributed by atoms with van der Waals surface area (Å²) >= 11 is 5.58. The number of aromatic nitrogens is 12. The summed E-state index contributed by atoms with van der Waals surface area (Å²) in [5, 5.41) is 24.9. The molecule has 0 aliphatic rings. The van der Waals surface area contributed by atoms with E-state index < -0.39 is 18.1 Å². The van der Waals surface area contributed by atoms with Crippen LogP contribution >= 0.6 is 34.0 Å². The fourth-order valence-electron chi connectivity index (χ4n) is 22.7. The van der Waals surface area contributed by atoms with Crippen LogP contribution in [0.5, 0.6) is 0 Å². The van der Waals surface area contributed by atoms with E-state index in [-0.39, 0.29) is 23.3 Å². The van der Waals surface area contributed by atoms with Gasteiger partial charge in [-0.25, -0.2) is 44.9 Å². The van der Waals surface area contributed by atoms with E-state index in [0.717, 1.165) is 83.5 Å². The van der Waals surface area contributed by atoms with E-state index in [0.29, 0.717) is 45.4 Å². The normalized spacial score (nSPS) is 12.3. The third kappa shape index (κ3) is 14.0. The highest BCUT2D eigenvalue weighted by atomic mass is 32.1. The van der Waals surface area contributed by atoms with Gasteiger partial charge in [-0.1, -0.05) is 352 Å². The van der Waals surface area contributed by atoms with E-state index in [4.69, 9.17) is 46.7 Å². The van der Waals surface area contributed by atoms with Gasteiger partial charge in [0, 0.05) is 194 Å². The van der Waals surface area contributed by atoms with Crippen LogP contribution in [0.15, 0.2) is 486 Å². The number of para-hydroxylation sites is 3. The second-order valence-corrected chi connectivity index (χ2v) is 40.8. The first-order valence-electron chi connectivity index (χ1n) is 52.4. The monoisotopic (exact) mass is 1970 g/mol. The molecule has 12 heterocycles. The molecule has 0 saturated heterocycles. The lowest BCUT2D eigenvalue weighted by molar-refractivity contribution is 1.16. The number of benzene rings is 20. The van der Waals surface area contributed by atoms with Gasteiger partial charge in [-0.15, -0.1) is 34.0 Å². The summed E-state index contributed by atoms with van der Waals surface area (Å²) in [4.78, 5) is 44.3. The van der Waals surface area contributed by atoms with Crippen LogP contribution in [-0.2, 0) is 0 Å². The molecular formula is C135H80N12S3. The van der Waals surface area contributed by atoms with Gasteiger partial charge in [0.2, 0.25) is 0 Å². The van der Waals surface area contributed by atoms with Crippen LogP contribution in [0.2, 0.25) is 0 Å². The van der Waals surface area contributed by atoms with E-state index >= 15 is 0 Å². The van der Waals surface area contributed by atoms with Gasteiger partial charge in [0.25, 0.3) is 0 Å². The van der Waals surface area contributed by atoms with Gasteiger partial charge < -0.3 is 13.7 Å². The average molecular weight is 1970 g/mol. The number of thiophene rings is 3. The smallest absolute Gasteiger partial charge is 0.163 e. The minimum absolute atomic E-state index is 0.0137. The highest BCUT2D eigenvalue weighted by Crippen LogP contribution is 2.54. The zero-order valence-corrected chi connectivity index (χ0v) is 82.3. The molecule has 0 atom stereocenters. The summed E-state index contributed by atoms with van der Waals surface area (Å²) < 4.78 is 57.1. The molecule has 0 radical (unpaired) electrons. The molecule has 0 bridgehead atoms. The summed E-state index contributed by atoms with van der Waals surface area (Å²) in [6.45, 7) is 0. The first-order valence-corrected chi connectivity index (χ1v) is 52.3. The molecule has 698 valence electrons. The molecule has 0 unspecified atom stereocenters. The molecule has 0 saturated carbocycles. The van der Waals surface area contributed by atoms with Crippen LogP contribution < -0.4 is 0 Å². The van der Waals surface area contributed by atoms with E-state index in [2.05, 4.69) is 407 Å². The minimum Gasteiger partial charge on any atom is -0.309 e. The third-order valence-electron chi connectivity index (χ3n) is 29.2. The van der Waals surface area contributed by atoms with Gasteiger partial charge in [-0.3, -0.25) is 0 Å². The maximum Gasteiger partial charge on any atom is 0.163 e. The maximum absolute atomic E-state index is 8.72. The molecule has 0 amide bonds. The molecule has 32 rings (SSSR count). The molecule has 12 nitrogen and oxygen atoms in total. The third-order valence-corrected chi connectivity index (χ3v) is 32.8. The molecular weight excluding hydrogens is 1890 g/mol.